The Bertz CT molecular complexity index is 855. The van der Waals surface area contributed by atoms with Crippen LogP contribution in [0.25, 0.3) is 11.4 Å². The van der Waals surface area contributed by atoms with Gasteiger partial charge >= 0.3 is 0 Å². The molecule has 1 atom stereocenters. The molecule has 25 heavy (non-hydrogen) atoms. The molecule has 3 aromatic rings. The Kier molecular flexibility index (Phi) is 4.53. The molecule has 2 N–H and O–H groups in total. The molecule has 4 rings (SSSR count). The molecule has 0 saturated carbocycles. The first-order valence-electron chi connectivity index (χ1n) is 8.11. The summed E-state index contributed by atoms with van der Waals surface area (Å²) in [4.78, 5) is 22.5. The Morgan fingerprint density at radius 1 is 1.32 bits per heavy atom. The molecule has 1 amide bonds. The summed E-state index contributed by atoms with van der Waals surface area (Å²) < 4.78 is 5.66. The minimum Gasteiger partial charge on any atom is -0.373 e. The number of hydrogen-bond donors (Lipinski definition) is 2. The number of ether oxygens (including phenoxy) is 1. The fourth-order valence-electron chi connectivity index (χ4n) is 2.71. The van der Waals surface area contributed by atoms with Crippen LogP contribution in [0.15, 0.2) is 36.7 Å². The lowest BCUT2D eigenvalue weighted by atomic mass is 10.2. The van der Waals surface area contributed by atoms with Gasteiger partial charge in [-0.25, -0.2) is 4.98 Å². The van der Waals surface area contributed by atoms with Gasteiger partial charge in [-0.3, -0.25) is 14.9 Å². The molecule has 1 saturated heterocycles. The molecular formula is C17H17N5O2S. The van der Waals surface area contributed by atoms with Crippen molar-refractivity contribution in [1.29, 1.82) is 0 Å². The Hall–Kier alpha value is -2.58. The first-order valence-corrected chi connectivity index (χ1v) is 8.92. The van der Waals surface area contributed by atoms with E-state index >= 15 is 0 Å². The first kappa shape index (κ1) is 15.9. The van der Waals surface area contributed by atoms with Crippen LogP contribution in [0.3, 0.4) is 0 Å². The van der Waals surface area contributed by atoms with E-state index in [1.807, 2.05) is 24.3 Å². The van der Waals surface area contributed by atoms with Crippen LogP contribution < -0.4 is 5.32 Å². The molecule has 1 unspecified atom stereocenters. The number of aromatic amines is 1. The van der Waals surface area contributed by atoms with Crippen LogP contribution >= 0.6 is 11.3 Å². The van der Waals surface area contributed by atoms with Crippen LogP contribution in [0.2, 0.25) is 0 Å². The number of thiophene rings is 1. The second-order valence-electron chi connectivity index (χ2n) is 5.73. The highest BCUT2D eigenvalue weighted by molar-refractivity contribution is 7.14. The quantitative estimate of drug-likeness (QED) is 0.734. The summed E-state index contributed by atoms with van der Waals surface area (Å²) in [5, 5.41) is 9.88. The molecule has 0 spiro atoms. The molecule has 128 valence electrons. The topological polar surface area (TPSA) is 92.8 Å². The maximum atomic E-state index is 12.3. The zero-order valence-corrected chi connectivity index (χ0v) is 14.3. The van der Waals surface area contributed by atoms with Gasteiger partial charge in [0.25, 0.3) is 5.91 Å². The molecule has 0 aromatic carbocycles. The van der Waals surface area contributed by atoms with E-state index in [1.54, 1.807) is 12.4 Å². The van der Waals surface area contributed by atoms with Crippen LogP contribution in [0.5, 0.6) is 0 Å². The second kappa shape index (κ2) is 7.12. The number of nitrogens with one attached hydrogen (secondary N) is 2. The van der Waals surface area contributed by atoms with Gasteiger partial charge in [-0.2, -0.15) is 5.10 Å². The van der Waals surface area contributed by atoms with Crippen molar-refractivity contribution in [1.82, 2.24) is 25.5 Å². The van der Waals surface area contributed by atoms with E-state index in [4.69, 9.17) is 4.74 Å². The van der Waals surface area contributed by atoms with Crippen molar-refractivity contribution in [2.24, 2.45) is 0 Å². The molecule has 7 nitrogen and oxygen atoms in total. The van der Waals surface area contributed by atoms with Gasteiger partial charge in [0.2, 0.25) is 0 Å². The van der Waals surface area contributed by atoms with Gasteiger partial charge in [0.15, 0.2) is 5.82 Å². The van der Waals surface area contributed by atoms with Crippen molar-refractivity contribution < 1.29 is 9.53 Å². The van der Waals surface area contributed by atoms with Crippen molar-refractivity contribution in [3.05, 3.63) is 52.2 Å². The number of carbonyl (C=O) groups is 1. The molecule has 1 aliphatic heterocycles. The smallest absolute Gasteiger partial charge is 0.261 e. The van der Waals surface area contributed by atoms with E-state index in [-0.39, 0.29) is 12.0 Å². The van der Waals surface area contributed by atoms with Gasteiger partial charge in [-0.05, 0) is 37.1 Å². The lowest BCUT2D eigenvalue weighted by Gasteiger charge is -2.05. The lowest BCUT2D eigenvalue weighted by molar-refractivity contribution is 0.0954. The van der Waals surface area contributed by atoms with Gasteiger partial charge in [-0.1, -0.05) is 0 Å². The van der Waals surface area contributed by atoms with E-state index < -0.39 is 0 Å². The maximum Gasteiger partial charge on any atom is 0.261 e. The zero-order valence-electron chi connectivity index (χ0n) is 13.4. The molecule has 1 fully saturated rings. The minimum atomic E-state index is -0.115. The number of amides is 1. The van der Waals surface area contributed by atoms with Gasteiger partial charge in [-0.15, -0.1) is 11.3 Å². The molecule has 1 aliphatic rings. The Morgan fingerprint density at radius 3 is 3.00 bits per heavy atom. The Labute approximate surface area is 148 Å². The second-order valence-corrected chi connectivity index (χ2v) is 6.84. The third-order valence-corrected chi connectivity index (χ3v) is 5.16. The first-order chi connectivity index (χ1) is 12.3. The van der Waals surface area contributed by atoms with Crippen LogP contribution in [-0.2, 0) is 11.3 Å². The molecule has 8 heteroatoms. The SMILES string of the molecule is O=C(NCc1nc(-c2ccncc2)n[nH]1)c1ccc(C2CCCO2)s1. The molecular weight excluding hydrogens is 338 g/mol. The molecule has 0 radical (unpaired) electrons. The van der Waals surface area contributed by atoms with Crippen molar-refractivity contribution in [2.75, 3.05) is 6.61 Å². The highest BCUT2D eigenvalue weighted by Gasteiger charge is 2.21. The monoisotopic (exact) mass is 355 g/mol. The van der Waals surface area contributed by atoms with E-state index in [0.717, 1.165) is 29.9 Å². The summed E-state index contributed by atoms with van der Waals surface area (Å²) in [6, 6.07) is 7.50. The maximum absolute atomic E-state index is 12.3. The highest BCUT2D eigenvalue weighted by Crippen LogP contribution is 2.33. The van der Waals surface area contributed by atoms with Crippen molar-refractivity contribution in [2.45, 2.75) is 25.5 Å². The van der Waals surface area contributed by atoms with E-state index in [0.29, 0.717) is 23.1 Å². The summed E-state index contributed by atoms with van der Waals surface area (Å²) in [6.07, 6.45) is 5.63. The molecule has 0 aliphatic carbocycles. The van der Waals surface area contributed by atoms with Crippen LogP contribution in [-0.4, -0.2) is 32.7 Å². The average Bonchev–Trinajstić information content (AvgIpc) is 3.41. The number of pyridine rings is 1. The van der Waals surface area contributed by atoms with Gasteiger partial charge in [0.1, 0.15) is 5.82 Å². The van der Waals surface area contributed by atoms with Gasteiger partial charge in [0.05, 0.1) is 17.5 Å². The predicted molar refractivity (Wildman–Crippen MR) is 93.0 cm³/mol. The zero-order chi connectivity index (χ0) is 17.1. The highest BCUT2D eigenvalue weighted by atomic mass is 32.1. The summed E-state index contributed by atoms with van der Waals surface area (Å²) in [5.74, 6) is 1.08. The number of rotatable bonds is 5. The minimum absolute atomic E-state index is 0.115. The lowest BCUT2D eigenvalue weighted by Crippen LogP contribution is -2.22. The summed E-state index contributed by atoms with van der Waals surface area (Å²) in [5.41, 5.74) is 0.878. The van der Waals surface area contributed by atoms with E-state index in [9.17, 15) is 4.79 Å². The largest absolute Gasteiger partial charge is 0.373 e. The number of hydrogen-bond acceptors (Lipinski definition) is 6. The van der Waals surface area contributed by atoms with Crippen LogP contribution in [0.4, 0.5) is 0 Å². The third-order valence-electron chi connectivity index (χ3n) is 3.98. The van der Waals surface area contributed by atoms with Gasteiger partial charge < -0.3 is 10.1 Å². The number of nitrogens with zero attached hydrogens (tertiary/aromatic N) is 3. The molecule has 3 aromatic heterocycles. The number of H-pyrrole nitrogens is 1. The van der Waals surface area contributed by atoms with Crippen molar-refractivity contribution in [3.8, 4) is 11.4 Å². The van der Waals surface area contributed by atoms with E-state index in [1.165, 1.54) is 11.3 Å². The van der Waals surface area contributed by atoms with Crippen molar-refractivity contribution in [3.63, 3.8) is 0 Å². The van der Waals surface area contributed by atoms with Crippen molar-refractivity contribution >= 4 is 17.2 Å². The Balaban J connectivity index is 1.37. The van der Waals surface area contributed by atoms with Crippen LogP contribution in [0.1, 0.15) is 39.3 Å². The summed E-state index contributed by atoms with van der Waals surface area (Å²) >= 11 is 1.49. The Morgan fingerprint density at radius 2 is 2.20 bits per heavy atom. The summed E-state index contributed by atoms with van der Waals surface area (Å²) in [7, 11) is 0. The fourth-order valence-corrected chi connectivity index (χ4v) is 3.71. The molecule has 4 heterocycles. The molecule has 0 bridgehead atoms. The third kappa shape index (κ3) is 3.59. The number of aromatic nitrogens is 4. The average molecular weight is 355 g/mol. The normalized spacial score (nSPS) is 16.9. The summed E-state index contributed by atoms with van der Waals surface area (Å²) in [6.45, 7) is 1.10. The van der Waals surface area contributed by atoms with Crippen LogP contribution in [0, 0.1) is 0 Å². The predicted octanol–water partition coefficient (Wildman–Crippen LogP) is 2.71. The fraction of sp³-hybridized carbons (Fsp3) is 0.294. The van der Waals surface area contributed by atoms with Gasteiger partial charge in [0, 0.05) is 29.4 Å². The van der Waals surface area contributed by atoms with E-state index in [2.05, 4.69) is 25.5 Å². The number of carbonyl (C=O) groups excluding carboxylic acids is 1. The standard InChI is InChI=1S/C17H17N5O2S/c23-17(14-4-3-13(25-14)12-2-1-9-24-12)19-10-15-20-16(22-21-15)11-5-7-18-8-6-11/h3-8,12H,1-2,9-10H2,(H,19,23)(H,20,21,22).